The summed E-state index contributed by atoms with van der Waals surface area (Å²) in [6, 6.07) is 16.0. The lowest BCUT2D eigenvalue weighted by Crippen LogP contribution is -2.51. The van der Waals surface area contributed by atoms with Crippen LogP contribution in [0.1, 0.15) is 24.5 Å². The summed E-state index contributed by atoms with van der Waals surface area (Å²) in [5.41, 5.74) is 0.495. The molecule has 4 rings (SSSR count). The van der Waals surface area contributed by atoms with Crippen molar-refractivity contribution in [2.24, 2.45) is 5.92 Å². The highest BCUT2D eigenvalue weighted by atomic mass is 19.3. The maximum absolute atomic E-state index is 13.7. The molecule has 2 aliphatic rings. The van der Waals surface area contributed by atoms with Gasteiger partial charge in [-0.05, 0) is 30.9 Å². The number of carbonyl (C=O) groups is 4. The van der Waals surface area contributed by atoms with Crippen molar-refractivity contribution in [2.75, 3.05) is 46.1 Å². The van der Waals surface area contributed by atoms with Gasteiger partial charge in [0.05, 0.1) is 51.0 Å². The van der Waals surface area contributed by atoms with Crippen molar-refractivity contribution in [3.05, 3.63) is 71.8 Å². The van der Waals surface area contributed by atoms with Gasteiger partial charge in [-0.15, -0.1) is 0 Å². The summed E-state index contributed by atoms with van der Waals surface area (Å²) in [5, 5.41) is 5.45. The van der Waals surface area contributed by atoms with Gasteiger partial charge in [0.25, 0.3) is 0 Å². The van der Waals surface area contributed by atoms with Gasteiger partial charge in [-0.2, -0.15) is 8.78 Å². The Morgan fingerprint density at radius 3 is 2.02 bits per heavy atom. The number of rotatable bonds is 17. The SMILES string of the molecule is C[C@]1(C(=O)[C@H](Cc2ccccc2)NC(=O)[C@H](COC(F)F)CC(=O)[C@H](Cc2ccccc2)NC(=O)CN2CCOCC2)CO1. The third kappa shape index (κ3) is 10.3. The van der Waals surface area contributed by atoms with Crippen molar-refractivity contribution < 1.29 is 42.2 Å². The number of hydrogen-bond donors (Lipinski definition) is 2. The Labute approximate surface area is 255 Å². The van der Waals surface area contributed by atoms with E-state index in [1.165, 1.54) is 0 Å². The lowest BCUT2D eigenvalue weighted by molar-refractivity contribution is -0.152. The number of nitrogens with one attached hydrogen (secondary N) is 2. The summed E-state index contributed by atoms with van der Waals surface area (Å²) in [4.78, 5) is 55.3. The first-order chi connectivity index (χ1) is 21.1. The third-order valence-corrected chi connectivity index (χ3v) is 7.73. The predicted molar refractivity (Wildman–Crippen MR) is 156 cm³/mol. The van der Waals surface area contributed by atoms with Crippen molar-refractivity contribution in [1.82, 2.24) is 15.5 Å². The summed E-state index contributed by atoms with van der Waals surface area (Å²) >= 11 is 0. The number of nitrogens with zero attached hydrogens (tertiary/aromatic N) is 1. The number of amides is 2. The first kappa shape index (κ1) is 33.3. The van der Waals surface area contributed by atoms with E-state index in [9.17, 15) is 28.0 Å². The van der Waals surface area contributed by atoms with E-state index in [4.69, 9.17) is 9.47 Å². The average Bonchev–Trinajstić information content (AvgIpc) is 3.77. The molecule has 0 spiro atoms. The van der Waals surface area contributed by atoms with Gasteiger partial charge in [0.1, 0.15) is 5.60 Å². The van der Waals surface area contributed by atoms with Crippen LogP contribution < -0.4 is 10.6 Å². The van der Waals surface area contributed by atoms with Gasteiger partial charge in [-0.3, -0.25) is 24.1 Å². The Hall–Kier alpha value is -3.58. The van der Waals surface area contributed by atoms with Crippen LogP contribution in [0.2, 0.25) is 0 Å². The minimum Gasteiger partial charge on any atom is -0.379 e. The van der Waals surface area contributed by atoms with Gasteiger partial charge < -0.3 is 24.8 Å². The van der Waals surface area contributed by atoms with Crippen LogP contribution in [0.5, 0.6) is 0 Å². The highest BCUT2D eigenvalue weighted by molar-refractivity contribution is 5.98. The summed E-state index contributed by atoms with van der Waals surface area (Å²) in [6.45, 7) is 0.103. The molecular formula is C32H39F2N3O7. The minimum absolute atomic E-state index is 0.0600. The van der Waals surface area contributed by atoms with Crippen LogP contribution in [0, 0.1) is 5.92 Å². The van der Waals surface area contributed by atoms with E-state index >= 15 is 0 Å². The number of Topliss-reactive ketones (excluding diaryl/α,β-unsaturated/α-hetero) is 2. The molecule has 2 amide bonds. The number of morpholine rings is 1. The van der Waals surface area contributed by atoms with Gasteiger partial charge in [-0.1, -0.05) is 60.7 Å². The Kier molecular flexibility index (Phi) is 12.1. The molecule has 10 nitrogen and oxygen atoms in total. The summed E-state index contributed by atoms with van der Waals surface area (Å²) in [6.07, 6.45) is -0.202. The minimum atomic E-state index is -3.17. The van der Waals surface area contributed by atoms with Crippen molar-refractivity contribution in [1.29, 1.82) is 0 Å². The second-order valence-corrected chi connectivity index (χ2v) is 11.3. The highest BCUT2D eigenvalue weighted by Crippen LogP contribution is 2.29. The predicted octanol–water partition coefficient (Wildman–Crippen LogP) is 1.95. The molecule has 2 aromatic carbocycles. The van der Waals surface area contributed by atoms with Crippen LogP contribution in [0.25, 0.3) is 0 Å². The van der Waals surface area contributed by atoms with Crippen molar-refractivity contribution in [3.63, 3.8) is 0 Å². The van der Waals surface area contributed by atoms with Crippen LogP contribution in [-0.2, 0) is 46.2 Å². The number of carbonyl (C=O) groups excluding carboxylic acids is 4. The zero-order valence-corrected chi connectivity index (χ0v) is 24.7. The van der Waals surface area contributed by atoms with Crippen LogP contribution in [-0.4, -0.2) is 98.6 Å². The molecule has 0 unspecified atom stereocenters. The standard InChI is InChI=1S/C32H39F2N3O7/c1-32(21-44-32)29(40)26(17-23-10-6-3-7-11-23)36-30(41)24(20-43-31(33)34)18-27(38)25(16-22-8-4-2-5-9-22)35-28(39)19-37-12-14-42-15-13-37/h2-11,24-26,31H,12-21H2,1H3,(H,35,39)(H,36,41)/t24-,25-,26-,32+/m0/s1. The quantitative estimate of drug-likeness (QED) is 0.259. The zero-order chi connectivity index (χ0) is 31.5. The van der Waals surface area contributed by atoms with Crippen LogP contribution in [0.4, 0.5) is 8.78 Å². The van der Waals surface area contributed by atoms with Gasteiger partial charge in [0, 0.05) is 19.5 Å². The number of halogens is 2. The van der Waals surface area contributed by atoms with Crippen molar-refractivity contribution >= 4 is 23.4 Å². The maximum atomic E-state index is 13.7. The van der Waals surface area contributed by atoms with Crippen LogP contribution in [0.3, 0.4) is 0 Å². The smallest absolute Gasteiger partial charge is 0.345 e. The molecule has 238 valence electrons. The fraction of sp³-hybridized carbons (Fsp3) is 0.500. The molecule has 0 radical (unpaired) electrons. The van der Waals surface area contributed by atoms with E-state index in [0.29, 0.717) is 26.3 Å². The van der Waals surface area contributed by atoms with Crippen LogP contribution in [0.15, 0.2) is 60.7 Å². The molecule has 2 aliphatic heterocycles. The molecule has 0 saturated carbocycles. The molecule has 0 aliphatic carbocycles. The Bertz CT molecular complexity index is 1260. The second kappa shape index (κ2) is 15.9. The lowest BCUT2D eigenvalue weighted by atomic mass is 9.92. The molecule has 2 N–H and O–H groups in total. The molecule has 2 saturated heterocycles. The monoisotopic (exact) mass is 615 g/mol. The normalized spacial score (nSPS) is 20.4. The van der Waals surface area contributed by atoms with Crippen LogP contribution >= 0.6 is 0 Å². The second-order valence-electron chi connectivity index (χ2n) is 11.3. The fourth-order valence-corrected chi connectivity index (χ4v) is 5.07. The Morgan fingerprint density at radius 1 is 0.909 bits per heavy atom. The summed E-state index contributed by atoms with van der Waals surface area (Å²) in [5.74, 6) is -3.38. The van der Waals surface area contributed by atoms with E-state index in [-0.39, 0.29) is 37.7 Å². The van der Waals surface area contributed by atoms with Crippen molar-refractivity contribution in [2.45, 2.75) is 50.5 Å². The van der Waals surface area contributed by atoms with E-state index in [0.717, 1.165) is 11.1 Å². The number of hydrogen-bond acceptors (Lipinski definition) is 8. The topological polar surface area (TPSA) is 127 Å². The number of ether oxygens (including phenoxy) is 3. The number of epoxide rings is 1. The summed E-state index contributed by atoms with van der Waals surface area (Å²) < 4.78 is 41.3. The third-order valence-electron chi connectivity index (χ3n) is 7.73. The molecule has 4 atom stereocenters. The van der Waals surface area contributed by atoms with E-state index in [1.807, 2.05) is 17.0 Å². The van der Waals surface area contributed by atoms with E-state index in [2.05, 4.69) is 15.4 Å². The fourth-order valence-electron chi connectivity index (χ4n) is 5.07. The molecule has 0 bridgehead atoms. The van der Waals surface area contributed by atoms with E-state index in [1.54, 1.807) is 55.5 Å². The van der Waals surface area contributed by atoms with Gasteiger partial charge in [0.2, 0.25) is 11.8 Å². The molecule has 0 aromatic heterocycles. The molecule has 2 heterocycles. The summed E-state index contributed by atoms with van der Waals surface area (Å²) in [7, 11) is 0. The number of alkyl halides is 2. The van der Waals surface area contributed by atoms with Gasteiger partial charge in [-0.25, -0.2) is 0 Å². The Balaban J connectivity index is 1.49. The largest absolute Gasteiger partial charge is 0.379 e. The number of benzene rings is 2. The molecule has 2 fully saturated rings. The Morgan fingerprint density at radius 2 is 1.48 bits per heavy atom. The molecule has 2 aromatic rings. The number of ketones is 2. The highest BCUT2D eigenvalue weighted by Gasteiger charge is 2.50. The average molecular weight is 616 g/mol. The molecule has 12 heteroatoms. The molecule has 44 heavy (non-hydrogen) atoms. The first-order valence-corrected chi connectivity index (χ1v) is 14.7. The molecular weight excluding hydrogens is 576 g/mol. The van der Waals surface area contributed by atoms with E-state index < -0.39 is 54.9 Å². The first-order valence-electron chi connectivity index (χ1n) is 14.7. The lowest BCUT2D eigenvalue weighted by Gasteiger charge is -2.27. The maximum Gasteiger partial charge on any atom is 0.345 e. The van der Waals surface area contributed by atoms with Gasteiger partial charge >= 0.3 is 6.61 Å². The zero-order valence-electron chi connectivity index (χ0n) is 24.7. The van der Waals surface area contributed by atoms with Gasteiger partial charge in [0.15, 0.2) is 11.6 Å². The van der Waals surface area contributed by atoms with Crippen molar-refractivity contribution in [3.8, 4) is 0 Å².